The highest BCUT2D eigenvalue weighted by Crippen LogP contribution is 2.32. The Morgan fingerprint density at radius 2 is 2.24 bits per heavy atom. The van der Waals surface area contributed by atoms with Crippen molar-refractivity contribution in [1.29, 1.82) is 0 Å². The Bertz CT molecular complexity index is 444. The van der Waals surface area contributed by atoms with E-state index in [-0.39, 0.29) is 11.6 Å². The standard InChI is InChI=1S/C11H16ClN3O2/c1-14-5-3-4-7(6-14)10-8(12)9(11(16)17)13-15(10)2/h7H,3-6H2,1-2H3,(H,16,17). The van der Waals surface area contributed by atoms with E-state index >= 15 is 0 Å². The van der Waals surface area contributed by atoms with Crippen LogP contribution in [0.4, 0.5) is 0 Å². The van der Waals surface area contributed by atoms with E-state index < -0.39 is 5.97 Å². The van der Waals surface area contributed by atoms with Crippen LogP contribution >= 0.6 is 11.6 Å². The van der Waals surface area contributed by atoms with E-state index in [9.17, 15) is 4.79 Å². The molecule has 1 aliphatic rings. The number of aromatic nitrogens is 2. The third-order valence-corrected chi connectivity index (χ3v) is 3.62. The summed E-state index contributed by atoms with van der Waals surface area (Å²) in [6.45, 7) is 1.98. The van der Waals surface area contributed by atoms with Crippen molar-refractivity contribution in [2.45, 2.75) is 18.8 Å². The van der Waals surface area contributed by atoms with Gasteiger partial charge in [-0.2, -0.15) is 5.10 Å². The van der Waals surface area contributed by atoms with Crippen molar-refractivity contribution < 1.29 is 9.90 Å². The zero-order valence-corrected chi connectivity index (χ0v) is 10.7. The molecule has 1 atom stereocenters. The molecule has 1 N–H and O–H groups in total. The van der Waals surface area contributed by atoms with Crippen molar-refractivity contribution in [2.75, 3.05) is 20.1 Å². The van der Waals surface area contributed by atoms with Gasteiger partial charge >= 0.3 is 5.97 Å². The highest BCUT2D eigenvalue weighted by Gasteiger charge is 2.28. The first-order valence-electron chi connectivity index (χ1n) is 5.65. The van der Waals surface area contributed by atoms with Crippen molar-refractivity contribution in [3.63, 3.8) is 0 Å². The molecule has 0 aliphatic carbocycles. The molecule has 0 spiro atoms. The van der Waals surface area contributed by atoms with Gasteiger partial charge < -0.3 is 10.0 Å². The van der Waals surface area contributed by atoms with Gasteiger partial charge in [-0.15, -0.1) is 0 Å². The average Bonchev–Trinajstić information content (AvgIpc) is 2.54. The Kier molecular flexibility index (Phi) is 3.40. The average molecular weight is 258 g/mol. The Morgan fingerprint density at radius 3 is 2.76 bits per heavy atom. The molecule has 5 nitrogen and oxygen atoms in total. The van der Waals surface area contributed by atoms with Crippen molar-refractivity contribution in [2.24, 2.45) is 7.05 Å². The van der Waals surface area contributed by atoms with Crippen LogP contribution in [0, 0.1) is 0 Å². The Labute approximate surface area is 105 Å². The number of hydrogen-bond donors (Lipinski definition) is 1. The molecule has 2 heterocycles. The van der Waals surface area contributed by atoms with Crippen LogP contribution < -0.4 is 0 Å². The number of carboxylic acid groups (broad SMARTS) is 1. The number of aromatic carboxylic acids is 1. The van der Waals surface area contributed by atoms with E-state index in [0.29, 0.717) is 5.02 Å². The summed E-state index contributed by atoms with van der Waals surface area (Å²) in [5, 5.41) is 13.3. The second kappa shape index (κ2) is 4.66. The van der Waals surface area contributed by atoms with Gasteiger partial charge in [0.15, 0.2) is 5.69 Å². The van der Waals surface area contributed by atoms with Crippen LogP contribution in [0.15, 0.2) is 0 Å². The van der Waals surface area contributed by atoms with Crippen LogP contribution in [0.1, 0.15) is 34.9 Å². The van der Waals surface area contributed by atoms with Gasteiger partial charge in [0.2, 0.25) is 0 Å². The fourth-order valence-corrected chi connectivity index (χ4v) is 2.88. The van der Waals surface area contributed by atoms with E-state index in [1.807, 2.05) is 0 Å². The number of aryl methyl sites for hydroxylation is 1. The molecule has 6 heteroatoms. The maximum Gasteiger partial charge on any atom is 0.357 e. The summed E-state index contributed by atoms with van der Waals surface area (Å²) in [6.07, 6.45) is 2.13. The number of likely N-dealkylation sites (N-methyl/N-ethyl adjacent to an activating group) is 1. The normalized spacial score (nSPS) is 21.7. The molecule has 1 saturated heterocycles. The smallest absolute Gasteiger partial charge is 0.357 e. The van der Waals surface area contributed by atoms with Crippen LogP contribution in [-0.2, 0) is 7.05 Å². The molecule has 1 aromatic heterocycles. The molecule has 2 rings (SSSR count). The lowest BCUT2D eigenvalue weighted by Gasteiger charge is -2.29. The van der Waals surface area contributed by atoms with Crippen molar-refractivity contribution in [3.8, 4) is 0 Å². The number of likely N-dealkylation sites (tertiary alicyclic amines) is 1. The lowest BCUT2D eigenvalue weighted by molar-refractivity contribution is 0.0690. The van der Waals surface area contributed by atoms with Crippen LogP contribution in [0.3, 0.4) is 0 Å². The Morgan fingerprint density at radius 1 is 1.53 bits per heavy atom. The summed E-state index contributed by atoms with van der Waals surface area (Å²) >= 11 is 6.12. The SMILES string of the molecule is CN1CCCC(c2c(Cl)c(C(=O)O)nn2C)C1. The van der Waals surface area contributed by atoms with E-state index in [1.165, 1.54) is 0 Å². The predicted octanol–water partition coefficient (Wildman–Crippen LogP) is 1.58. The zero-order valence-electron chi connectivity index (χ0n) is 9.98. The third kappa shape index (κ3) is 2.30. The largest absolute Gasteiger partial charge is 0.476 e. The lowest BCUT2D eigenvalue weighted by atomic mass is 9.95. The summed E-state index contributed by atoms with van der Waals surface area (Å²) in [5.41, 5.74) is 0.799. The van der Waals surface area contributed by atoms with Gasteiger partial charge in [-0.05, 0) is 26.4 Å². The molecular weight excluding hydrogens is 242 g/mol. The number of nitrogens with zero attached hydrogens (tertiary/aromatic N) is 3. The molecule has 0 saturated carbocycles. The van der Waals surface area contributed by atoms with Crippen LogP contribution in [0.25, 0.3) is 0 Å². The predicted molar refractivity (Wildman–Crippen MR) is 64.6 cm³/mol. The maximum absolute atomic E-state index is 11.0. The molecule has 1 fully saturated rings. The number of carbonyl (C=O) groups is 1. The van der Waals surface area contributed by atoms with Crippen molar-refractivity contribution >= 4 is 17.6 Å². The van der Waals surface area contributed by atoms with Gasteiger partial charge in [-0.1, -0.05) is 11.6 Å². The first-order valence-corrected chi connectivity index (χ1v) is 6.02. The van der Waals surface area contributed by atoms with Crippen LogP contribution in [0.2, 0.25) is 5.02 Å². The molecule has 0 radical (unpaired) electrons. The number of halogens is 1. The first kappa shape index (κ1) is 12.4. The maximum atomic E-state index is 11.0. The quantitative estimate of drug-likeness (QED) is 0.874. The highest BCUT2D eigenvalue weighted by molar-refractivity contribution is 6.34. The zero-order chi connectivity index (χ0) is 12.6. The molecule has 0 aromatic carbocycles. The molecule has 17 heavy (non-hydrogen) atoms. The minimum atomic E-state index is -1.07. The van der Waals surface area contributed by atoms with E-state index in [4.69, 9.17) is 16.7 Å². The van der Waals surface area contributed by atoms with Gasteiger partial charge in [0, 0.05) is 19.5 Å². The second-order valence-electron chi connectivity index (χ2n) is 4.58. The van der Waals surface area contributed by atoms with E-state index in [0.717, 1.165) is 31.6 Å². The summed E-state index contributed by atoms with van der Waals surface area (Å²) in [7, 11) is 3.82. The van der Waals surface area contributed by atoms with Gasteiger partial charge in [-0.3, -0.25) is 4.68 Å². The monoisotopic (exact) mass is 257 g/mol. The van der Waals surface area contributed by atoms with Crippen molar-refractivity contribution in [1.82, 2.24) is 14.7 Å². The molecular formula is C11H16ClN3O2. The van der Waals surface area contributed by atoms with Crippen molar-refractivity contribution in [3.05, 3.63) is 16.4 Å². The first-order chi connectivity index (χ1) is 8.00. The lowest BCUT2D eigenvalue weighted by Crippen LogP contribution is -2.31. The molecule has 1 unspecified atom stereocenters. The van der Waals surface area contributed by atoms with Gasteiger partial charge in [0.05, 0.1) is 10.7 Å². The summed E-state index contributed by atoms with van der Waals surface area (Å²) in [5.74, 6) is -0.798. The van der Waals surface area contributed by atoms with Gasteiger partial charge in [-0.25, -0.2) is 4.79 Å². The van der Waals surface area contributed by atoms with Crippen LogP contribution in [0.5, 0.6) is 0 Å². The highest BCUT2D eigenvalue weighted by atomic mass is 35.5. The number of rotatable bonds is 2. The molecule has 1 aromatic rings. The number of hydrogen-bond acceptors (Lipinski definition) is 3. The number of carboxylic acids is 1. The molecule has 94 valence electrons. The molecule has 1 aliphatic heterocycles. The molecule has 0 amide bonds. The summed E-state index contributed by atoms with van der Waals surface area (Å²) < 4.78 is 1.61. The topological polar surface area (TPSA) is 58.4 Å². The van der Waals surface area contributed by atoms with Gasteiger partial charge in [0.25, 0.3) is 0 Å². The third-order valence-electron chi connectivity index (χ3n) is 3.25. The minimum Gasteiger partial charge on any atom is -0.476 e. The fraction of sp³-hybridized carbons (Fsp3) is 0.636. The Hall–Kier alpha value is -1.07. The van der Waals surface area contributed by atoms with E-state index in [2.05, 4.69) is 17.0 Å². The minimum absolute atomic E-state index is 0.0441. The van der Waals surface area contributed by atoms with Crippen LogP contribution in [-0.4, -0.2) is 45.9 Å². The second-order valence-corrected chi connectivity index (χ2v) is 4.96. The molecule has 0 bridgehead atoms. The Balaban J connectivity index is 2.34. The number of piperidine rings is 1. The van der Waals surface area contributed by atoms with E-state index in [1.54, 1.807) is 11.7 Å². The fourth-order valence-electron chi connectivity index (χ4n) is 2.48. The summed E-state index contributed by atoms with van der Waals surface area (Å²) in [6, 6.07) is 0. The summed E-state index contributed by atoms with van der Waals surface area (Å²) in [4.78, 5) is 13.2. The van der Waals surface area contributed by atoms with Gasteiger partial charge in [0.1, 0.15) is 0 Å².